The van der Waals surface area contributed by atoms with Crippen LogP contribution in [0.2, 0.25) is 0 Å². The first-order valence-corrected chi connectivity index (χ1v) is 6.66. The maximum atomic E-state index is 11.3. The molecule has 0 aliphatic rings. The monoisotopic (exact) mass is 319 g/mol. The summed E-state index contributed by atoms with van der Waals surface area (Å²) < 4.78 is 31.7. The zero-order valence-electron chi connectivity index (χ0n) is 10.8. The van der Waals surface area contributed by atoms with Gasteiger partial charge in [-0.05, 0) is 29.7 Å². The molecule has 105 valence electrons. The summed E-state index contributed by atoms with van der Waals surface area (Å²) in [6.07, 6.45) is 0. The minimum Gasteiger partial charge on any atom is -0.478 e. The minimum absolute atomic E-state index is 0. The van der Waals surface area contributed by atoms with Gasteiger partial charge in [0.05, 0.1) is 11.1 Å². The maximum absolute atomic E-state index is 11.3. The summed E-state index contributed by atoms with van der Waals surface area (Å²) in [5, 5.41) is 17.9. The van der Waals surface area contributed by atoms with Crippen molar-refractivity contribution in [3.05, 3.63) is 41.5 Å². The molecule has 2 rings (SSSR count). The SMILES string of the molecule is O=C(O)c1ccc2c(S(=O)(=O)O)cc(C(=O)O)cc2c1.[Na]. The second-order valence-corrected chi connectivity index (χ2v) is 5.39. The van der Waals surface area contributed by atoms with Gasteiger partial charge in [-0.3, -0.25) is 4.55 Å². The molecule has 0 spiro atoms. The van der Waals surface area contributed by atoms with Crippen LogP contribution in [-0.4, -0.2) is 64.7 Å². The Morgan fingerprint density at radius 3 is 1.90 bits per heavy atom. The van der Waals surface area contributed by atoms with Crippen LogP contribution in [-0.2, 0) is 10.1 Å². The Balaban J connectivity index is 0.00000220. The van der Waals surface area contributed by atoms with Gasteiger partial charge in [-0.1, -0.05) is 6.07 Å². The zero-order valence-corrected chi connectivity index (χ0v) is 13.6. The van der Waals surface area contributed by atoms with Crippen LogP contribution >= 0.6 is 0 Å². The van der Waals surface area contributed by atoms with E-state index in [2.05, 4.69) is 0 Å². The summed E-state index contributed by atoms with van der Waals surface area (Å²) in [6.45, 7) is 0. The van der Waals surface area contributed by atoms with E-state index >= 15 is 0 Å². The van der Waals surface area contributed by atoms with E-state index in [0.717, 1.165) is 18.2 Å². The van der Waals surface area contributed by atoms with Gasteiger partial charge in [0.2, 0.25) is 0 Å². The van der Waals surface area contributed by atoms with Crippen molar-refractivity contribution in [2.24, 2.45) is 0 Å². The minimum atomic E-state index is -4.63. The van der Waals surface area contributed by atoms with Gasteiger partial charge in [0.15, 0.2) is 0 Å². The van der Waals surface area contributed by atoms with Crippen LogP contribution in [0.5, 0.6) is 0 Å². The summed E-state index contributed by atoms with van der Waals surface area (Å²) >= 11 is 0. The summed E-state index contributed by atoms with van der Waals surface area (Å²) in [5.41, 5.74) is -0.492. The molecular weight excluding hydrogens is 311 g/mol. The normalized spacial score (nSPS) is 10.9. The number of hydrogen-bond donors (Lipinski definition) is 3. The zero-order chi connectivity index (χ0) is 15.1. The van der Waals surface area contributed by atoms with Crippen molar-refractivity contribution in [2.75, 3.05) is 0 Å². The van der Waals surface area contributed by atoms with Gasteiger partial charge in [0, 0.05) is 34.9 Å². The summed E-state index contributed by atoms with van der Waals surface area (Å²) in [7, 11) is -4.63. The molecule has 0 heterocycles. The van der Waals surface area contributed by atoms with Crippen LogP contribution in [0.1, 0.15) is 20.7 Å². The first-order chi connectivity index (χ1) is 9.20. The fourth-order valence-corrected chi connectivity index (χ4v) is 2.54. The van der Waals surface area contributed by atoms with Crippen molar-refractivity contribution in [3.63, 3.8) is 0 Å². The van der Waals surface area contributed by atoms with Crippen molar-refractivity contribution in [1.29, 1.82) is 0 Å². The van der Waals surface area contributed by atoms with Crippen molar-refractivity contribution in [3.8, 4) is 0 Å². The van der Waals surface area contributed by atoms with E-state index in [1.165, 1.54) is 12.1 Å². The second-order valence-electron chi connectivity index (χ2n) is 4.00. The smallest absolute Gasteiger partial charge is 0.335 e. The topological polar surface area (TPSA) is 129 Å². The van der Waals surface area contributed by atoms with Gasteiger partial charge in [-0.25, -0.2) is 9.59 Å². The Morgan fingerprint density at radius 1 is 0.905 bits per heavy atom. The fraction of sp³-hybridized carbons (Fsp3) is 0. The van der Waals surface area contributed by atoms with E-state index in [4.69, 9.17) is 14.8 Å². The number of fused-ring (bicyclic) bond motifs is 1. The number of hydrogen-bond acceptors (Lipinski definition) is 4. The van der Waals surface area contributed by atoms with Gasteiger partial charge in [-0.2, -0.15) is 8.42 Å². The molecular formula is C12H8NaO7S. The van der Waals surface area contributed by atoms with E-state index in [0.29, 0.717) is 0 Å². The molecule has 0 aliphatic heterocycles. The Hall–Kier alpha value is -1.45. The quantitative estimate of drug-likeness (QED) is 0.570. The van der Waals surface area contributed by atoms with E-state index in [1.807, 2.05) is 0 Å². The number of carbonyl (C=O) groups is 2. The Labute approximate surface area is 141 Å². The van der Waals surface area contributed by atoms with Gasteiger partial charge < -0.3 is 10.2 Å². The van der Waals surface area contributed by atoms with Gasteiger partial charge in [-0.15, -0.1) is 0 Å². The molecule has 7 nitrogen and oxygen atoms in total. The molecule has 0 atom stereocenters. The molecule has 0 amide bonds. The van der Waals surface area contributed by atoms with Crippen molar-refractivity contribution >= 4 is 62.4 Å². The van der Waals surface area contributed by atoms with Crippen molar-refractivity contribution < 1.29 is 32.8 Å². The van der Waals surface area contributed by atoms with E-state index in [1.54, 1.807) is 0 Å². The van der Waals surface area contributed by atoms with Crippen LogP contribution < -0.4 is 0 Å². The maximum Gasteiger partial charge on any atom is 0.335 e. The standard InChI is InChI=1S/C12H8O7S.Na/c13-11(14)6-1-2-9-7(3-6)4-8(12(15)16)5-10(9)20(17,18)19;/h1-5H,(H,13,14)(H,15,16)(H,17,18,19);. The second kappa shape index (κ2) is 6.12. The molecule has 0 saturated carbocycles. The van der Waals surface area contributed by atoms with Crippen LogP contribution in [0.4, 0.5) is 0 Å². The summed E-state index contributed by atoms with van der Waals surface area (Å²) in [5.74, 6) is -2.63. The first kappa shape index (κ1) is 17.6. The van der Waals surface area contributed by atoms with E-state index in [9.17, 15) is 18.0 Å². The predicted molar refractivity (Wildman–Crippen MR) is 73.4 cm³/mol. The summed E-state index contributed by atoms with van der Waals surface area (Å²) in [6, 6.07) is 5.46. The van der Waals surface area contributed by atoms with Crippen LogP contribution in [0.3, 0.4) is 0 Å². The molecule has 0 bridgehead atoms. The van der Waals surface area contributed by atoms with Crippen LogP contribution in [0.25, 0.3) is 10.8 Å². The molecule has 2 aromatic carbocycles. The van der Waals surface area contributed by atoms with Gasteiger partial charge in [0.1, 0.15) is 4.90 Å². The number of aromatic carboxylic acids is 2. The molecule has 0 aliphatic carbocycles. The largest absolute Gasteiger partial charge is 0.478 e. The third-order valence-electron chi connectivity index (χ3n) is 2.69. The molecule has 2 aromatic rings. The summed E-state index contributed by atoms with van der Waals surface area (Å²) in [4.78, 5) is 21.2. The Bertz CT molecular complexity index is 837. The van der Waals surface area contributed by atoms with E-state index < -0.39 is 27.0 Å². The molecule has 21 heavy (non-hydrogen) atoms. The Morgan fingerprint density at radius 2 is 1.43 bits per heavy atom. The number of rotatable bonds is 3. The third-order valence-corrected chi connectivity index (χ3v) is 3.58. The predicted octanol–water partition coefficient (Wildman–Crippen LogP) is 1.10. The molecule has 0 fully saturated rings. The fourth-order valence-electron chi connectivity index (χ4n) is 1.80. The number of benzene rings is 2. The molecule has 1 radical (unpaired) electrons. The van der Waals surface area contributed by atoms with Crippen molar-refractivity contribution in [2.45, 2.75) is 4.90 Å². The molecule has 3 N–H and O–H groups in total. The van der Waals surface area contributed by atoms with E-state index in [-0.39, 0.29) is 51.5 Å². The molecule has 0 aromatic heterocycles. The van der Waals surface area contributed by atoms with Crippen molar-refractivity contribution in [1.82, 2.24) is 0 Å². The number of carboxylic acids is 2. The third kappa shape index (κ3) is 3.60. The van der Waals surface area contributed by atoms with Crippen LogP contribution in [0, 0.1) is 0 Å². The molecule has 0 unspecified atom stereocenters. The van der Waals surface area contributed by atoms with Crippen LogP contribution in [0.15, 0.2) is 35.2 Å². The molecule has 9 heteroatoms. The molecule has 0 saturated heterocycles. The average Bonchev–Trinajstić information content (AvgIpc) is 2.35. The number of carboxylic acid groups (broad SMARTS) is 2. The average molecular weight is 319 g/mol. The Kier molecular flexibility index (Phi) is 5.13. The first-order valence-electron chi connectivity index (χ1n) is 5.22. The van der Waals surface area contributed by atoms with Gasteiger partial charge >= 0.3 is 11.9 Å². The van der Waals surface area contributed by atoms with Gasteiger partial charge in [0.25, 0.3) is 10.1 Å².